The largest absolute Gasteiger partial charge is 0.452 e. The summed E-state index contributed by atoms with van der Waals surface area (Å²) < 4.78 is 5.23. The summed E-state index contributed by atoms with van der Waals surface area (Å²) in [5.74, 6) is -0.613. The van der Waals surface area contributed by atoms with Crippen LogP contribution in [0, 0.1) is 0 Å². The molecule has 0 spiro atoms. The number of hydrogen-bond acceptors (Lipinski definition) is 4. The Morgan fingerprint density at radius 3 is 2.80 bits per heavy atom. The molecule has 0 N–H and O–H groups in total. The standard InChI is InChI=1S/C20H17NO3S/c22-19(21-9-7-18-17(12-21)8-10-25-18)13-24-20(23)16-6-5-14-3-1-2-4-15(14)11-16/h1-6,8,10-11H,7,9,12-13H2. The molecule has 5 heteroatoms. The van der Waals surface area contributed by atoms with E-state index in [1.807, 2.05) is 30.3 Å². The number of benzene rings is 2. The first-order valence-electron chi connectivity index (χ1n) is 8.19. The molecule has 2 heterocycles. The van der Waals surface area contributed by atoms with E-state index in [0.29, 0.717) is 18.7 Å². The number of amides is 1. The lowest BCUT2D eigenvalue weighted by Crippen LogP contribution is -2.38. The third-order valence-corrected chi connectivity index (χ3v) is 5.50. The Bertz CT molecular complexity index is 947. The van der Waals surface area contributed by atoms with Gasteiger partial charge >= 0.3 is 5.97 Å². The zero-order valence-electron chi connectivity index (χ0n) is 13.6. The van der Waals surface area contributed by atoms with Gasteiger partial charge < -0.3 is 9.64 Å². The third-order valence-electron chi connectivity index (χ3n) is 4.47. The van der Waals surface area contributed by atoms with Crippen LogP contribution in [0.3, 0.4) is 0 Å². The molecule has 126 valence electrons. The van der Waals surface area contributed by atoms with E-state index in [2.05, 4.69) is 11.4 Å². The fraction of sp³-hybridized carbons (Fsp3) is 0.200. The molecule has 2 aromatic carbocycles. The summed E-state index contributed by atoms with van der Waals surface area (Å²) in [5.41, 5.74) is 1.66. The first-order chi connectivity index (χ1) is 12.2. The molecular formula is C20H17NO3S. The first-order valence-corrected chi connectivity index (χ1v) is 9.07. The lowest BCUT2D eigenvalue weighted by Gasteiger charge is -2.26. The van der Waals surface area contributed by atoms with Crippen molar-refractivity contribution in [2.24, 2.45) is 0 Å². The second kappa shape index (κ2) is 6.69. The number of carbonyl (C=O) groups excluding carboxylic acids is 2. The summed E-state index contributed by atoms with van der Waals surface area (Å²) in [6.45, 7) is 1.07. The molecule has 1 amide bonds. The average molecular weight is 351 g/mol. The molecule has 0 bridgehead atoms. The number of fused-ring (bicyclic) bond motifs is 2. The topological polar surface area (TPSA) is 46.6 Å². The quantitative estimate of drug-likeness (QED) is 0.677. The predicted octanol–water partition coefficient (Wildman–Crippen LogP) is 3.64. The lowest BCUT2D eigenvalue weighted by molar-refractivity contribution is -0.135. The molecule has 0 fully saturated rings. The van der Waals surface area contributed by atoms with Gasteiger partial charge in [-0.15, -0.1) is 11.3 Å². The minimum Gasteiger partial charge on any atom is -0.452 e. The van der Waals surface area contributed by atoms with Gasteiger partial charge in [0.25, 0.3) is 5.91 Å². The fourth-order valence-corrected chi connectivity index (χ4v) is 3.97. The van der Waals surface area contributed by atoms with E-state index in [9.17, 15) is 9.59 Å². The minimum atomic E-state index is -0.465. The molecule has 25 heavy (non-hydrogen) atoms. The smallest absolute Gasteiger partial charge is 0.338 e. The highest BCUT2D eigenvalue weighted by molar-refractivity contribution is 7.10. The molecule has 0 saturated heterocycles. The molecule has 3 aromatic rings. The molecule has 0 unspecified atom stereocenters. The number of rotatable bonds is 3. The summed E-state index contributed by atoms with van der Waals surface area (Å²) >= 11 is 1.73. The lowest BCUT2D eigenvalue weighted by atomic mass is 10.1. The van der Waals surface area contributed by atoms with E-state index >= 15 is 0 Å². The van der Waals surface area contributed by atoms with Crippen molar-refractivity contribution < 1.29 is 14.3 Å². The van der Waals surface area contributed by atoms with Gasteiger partial charge in [0.1, 0.15) is 0 Å². The number of thiophene rings is 1. The van der Waals surface area contributed by atoms with Gasteiger partial charge in [-0.1, -0.05) is 30.3 Å². The summed E-state index contributed by atoms with van der Waals surface area (Å²) in [5, 5.41) is 4.09. The number of nitrogens with zero attached hydrogens (tertiary/aromatic N) is 1. The van der Waals surface area contributed by atoms with E-state index < -0.39 is 5.97 Å². The zero-order valence-corrected chi connectivity index (χ0v) is 14.4. The van der Waals surface area contributed by atoms with Crippen LogP contribution >= 0.6 is 11.3 Å². The van der Waals surface area contributed by atoms with Gasteiger partial charge in [-0.2, -0.15) is 0 Å². The molecular weight excluding hydrogens is 334 g/mol. The van der Waals surface area contributed by atoms with Crippen molar-refractivity contribution >= 4 is 34.0 Å². The predicted molar refractivity (Wildman–Crippen MR) is 97.7 cm³/mol. The maximum absolute atomic E-state index is 12.3. The summed E-state index contributed by atoms with van der Waals surface area (Å²) in [7, 11) is 0. The maximum atomic E-state index is 12.3. The van der Waals surface area contributed by atoms with Crippen molar-refractivity contribution in [1.29, 1.82) is 0 Å². The van der Waals surface area contributed by atoms with Crippen molar-refractivity contribution in [2.45, 2.75) is 13.0 Å². The molecule has 1 aromatic heterocycles. The molecule has 4 rings (SSSR count). The number of hydrogen-bond donors (Lipinski definition) is 0. The van der Waals surface area contributed by atoms with E-state index in [0.717, 1.165) is 17.2 Å². The summed E-state index contributed by atoms with van der Waals surface area (Å²) in [4.78, 5) is 27.7. The van der Waals surface area contributed by atoms with Crippen molar-refractivity contribution in [3.63, 3.8) is 0 Å². The van der Waals surface area contributed by atoms with Crippen molar-refractivity contribution in [2.75, 3.05) is 13.2 Å². The number of esters is 1. The Hall–Kier alpha value is -2.66. The van der Waals surface area contributed by atoms with Crippen LogP contribution in [0.2, 0.25) is 0 Å². The van der Waals surface area contributed by atoms with E-state index in [1.54, 1.807) is 28.4 Å². The second-order valence-electron chi connectivity index (χ2n) is 6.07. The molecule has 0 atom stereocenters. The number of ether oxygens (including phenoxy) is 1. The normalized spacial score (nSPS) is 13.5. The van der Waals surface area contributed by atoms with E-state index in [1.165, 1.54) is 10.4 Å². The van der Waals surface area contributed by atoms with Crippen LogP contribution in [0.25, 0.3) is 10.8 Å². The Kier molecular flexibility index (Phi) is 4.24. The van der Waals surface area contributed by atoms with Gasteiger partial charge in [-0.05, 0) is 46.3 Å². The Balaban J connectivity index is 1.38. The SMILES string of the molecule is O=C(OCC(=O)N1CCc2sccc2C1)c1ccc2ccccc2c1. The van der Waals surface area contributed by atoms with Gasteiger partial charge in [0.2, 0.25) is 0 Å². The highest BCUT2D eigenvalue weighted by atomic mass is 32.1. The third kappa shape index (κ3) is 3.28. The van der Waals surface area contributed by atoms with Crippen molar-refractivity contribution in [3.8, 4) is 0 Å². The highest BCUT2D eigenvalue weighted by Crippen LogP contribution is 2.24. The highest BCUT2D eigenvalue weighted by Gasteiger charge is 2.22. The Morgan fingerprint density at radius 1 is 1.08 bits per heavy atom. The Labute approximate surface area is 149 Å². The van der Waals surface area contributed by atoms with Gasteiger partial charge in [0, 0.05) is 18.0 Å². The molecule has 1 aliphatic rings. The molecule has 1 aliphatic heterocycles. The van der Waals surface area contributed by atoms with Crippen molar-refractivity contribution in [3.05, 3.63) is 69.9 Å². The summed E-state index contributed by atoms with van der Waals surface area (Å²) in [6, 6.07) is 15.3. The van der Waals surface area contributed by atoms with Crippen LogP contribution in [0.4, 0.5) is 0 Å². The second-order valence-corrected chi connectivity index (χ2v) is 7.07. The molecule has 0 radical (unpaired) electrons. The zero-order chi connectivity index (χ0) is 17.2. The van der Waals surface area contributed by atoms with Gasteiger partial charge in [-0.3, -0.25) is 4.79 Å². The average Bonchev–Trinajstić information content (AvgIpc) is 3.13. The van der Waals surface area contributed by atoms with Crippen LogP contribution in [0.15, 0.2) is 53.9 Å². The first kappa shape index (κ1) is 15.8. The molecule has 0 saturated carbocycles. The van der Waals surface area contributed by atoms with Crippen molar-refractivity contribution in [1.82, 2.24) is 4.90 Å². The van der Waals surface area contributed by atoms with Crippen LogP contribution in [-0.2, 0) is 22.5 Å². The molecule has 0 aliphatic carbocycles. The number of carbonyl (C=O) groups is 2. The van der Waals surface area contributed by atoms with Gasteiger partial charge in [0.05, 0.1) is 5.56 Å². The van der Waals surface area contributed by atoms with E-state index in [4.69, 9.17) is 4.74 Å². The summed E-state index contributed by atoms with van der Waals surface area (Å²) in [6.07, 6.45) is 0.872. The van der Waals surface area contributed by atoms with Crippen LogP contribution in [-0.4, -0.2) is 29.9 Å². The van der Waals surface area contributed by atoms with Crippen LogP contribution < -0.4 is 0 Å². The maximum Gasteiger partial charge on any atom is 0.338 e. The van der Waals surface area contributed by atoms with Gasteiger partial charge in [-0.25, -0.2) is 4.79 Å². The van der Waals surface area contributed by atoms with Gasteiger partial charge in [0.15, 0.2) is 6.61 Å². The van der Waals surface area contributed by atoms with Crippen LogP contribution in [0.1, 0.15) is 20.8 Å². The minimum absolute atomic E-state index is 0.147. The molecule has 4 nitrogen and oxygen atoms in total. The monoisotopic (exact) mass is 351 g/mol. The Morgan fingerprint density at radius 2 is 1.92 bits per heavy atom. The fourth-order valence-electron chi connectivity index (χ4n) is 3.08. The van der Waals surface area contributed by atoms with E-state index in [-0.39, 0.29) is 12.5 Å². The van der Waals surface area contributed by atoms with Crippen LogP contribution in [0.5, 0.6) is 0 Å².